The predicted octanol–water partition coefficient (Wildman–Crippen LogP) is 6.63. The van der Waals surface area contributed by atoms with Crippen LogP contribution in [0.2, 0.25) is 0 Å². The maximum atomic E-state index is 5.42. The van der Waals surface area contributed by atoms with Gasteiger partial charge in [-0.2, -0.15) is 0 Å². The highest BCUT2D eigenvalue weighted by Gasteiger charge is 2.29. The lowest BCUT2D eigenvalue weighted by atomic mass is 10.2. The average Bonchev–Trinajstić information content (AvgIpc) is 3.10. The van der Waals surface area contributed by atoms with Gasteiger partial charge in [-0.05, 0) is 48.7 Å². The van der Waals surface area contributed by atoms with E-state index in [1.165, 1.54) is 0 Å². The molecule has 0 amide bonds. The van der Waals surface area contributed by atoms with E-state index in [2.05, 4.69) is 45.5 Å². The molecule has 1 heterocycles. The molecule has 0 spiro atoms. The molecule has 0 aromatic heterocycles. The summed E-state index contributed by atoms with van der Waals surface area (Å²) in [6, 6.07) is 24.3. The fraction of sp³-hybridized carbons (Fsp3) is 0.136. The van der Waals surface area contributed by atoms with Gasteiger partial charge in [0.15, 0.2) is 0 Å². The fourth-order valence-corrected chi connectivity index (χ4v) is 4.82. The Morgan fingerprint density at radius 2 is 1.68 bits per heavy atom. The van der Waals surface area contributed by atoms with Crippen molar-refractivity contribution >= 4 is 38.5 Å². The van der Waals surface area contributed by atoms with Gasteiger partial charge >= 0.3 is 0 Å². The van der Waals surface area contributed by atoms with E-state index in [9.17, 15) is 0 Å². The molecule has 28 heavy (non-hydrogen) atoms. The summed E-state index contributed by atoms with van der Waals surface area (Å²) in [5, 5.41) is 4.55. The first kappa shape index (κ1) is 18.3. The number of rotatable bonds is 5. The van der Waals surface area contributed by atoms with Crippen LogP contribution in [0.4, 0.5) is 22.7 Å². The molecule has 0 aliphatic carbocycles. The van der Waals surface area contributed by atoms with Crippen LogP contribution in [-0.4, -0.2) is 26.0 Å². The second-order valence-electron chi connectivity index (χ2n) is 6.57. The van der Waals surface area contributed by atoms with Crippen molar-refractivity contribution < 1.29 is 4.74 Å². The Balaban J connectivity index is 1.61. The zero-order valence-corrected chi connectivity index (χ0v) is 16.9. The Labute approximate surface area is 166 Å². The Bertz CT molecular complexity index is 1050. The summed E-state index contributed by atoms with van der Waals surface area (Å²) in [4.78, 5) is 7.75. The lowest BCUT2D eigenvalue weighted by Crippen LogP contribution is -2.08. The highest BCUT2D eigenvalue weighted by molar-refractivity contribution is 8.42. The van der Waals surface area contributed by atoms with Gasteiger partial charge in [0, 0.05) is 23.3 Å². The second kappa shape index (κ2) is 7.48. The molecule has 1 aliphatic rings. The van der Waals surface area contributed by atoms with E-state index in [-0.39, 0.29) is 0 Å². The third kappa shape index (κ3) is 3.39. The summed E-state index contributed by atoms with van der Waals surface area (Å²) < 4.78 is 10.1. The smallest absolute Gasteiger partial charge is 0.145 e. The van der Waals surface area contributed by atoms with E-state index in [0.29, 0.717) is 0 Å². The van der Waals surface area contributed by atoms with E-state index in [4.69, 9.17) is 9.26 Å². The summed E-state index contributed by atoms with van der Waals surface area (Å²) in [5.41, 5.74) is 5.77. The van der Waals surface area contributed by atoms with Crippen LogP contribution in [0.1, 0.15) is 0 Å². The van der Waals surface area contributed by atoms with Crippen LogP contribution >= 0.6 is 10.2 Å². The normalized spacial score (nSPS) is 20.0. The number of methoxy groups -OCH3 is 1. The van der Waals surface area contributed by atoms with Crippen LogP contribution in [0.3, 0.4) is 0 Å². The molecule has 4 rings (SSSR count). The molecule has 5 nitrogen and oxygen atoms in total. The Kier molecular flexibility index (Phi) is 4.88. The summed E-state index contributed by atoms with van der Waals surface area (Å²) in [6.07, 6.45) is 2.09. The topological polar surface area (TPSA) is 49.6 Å². The molecule has 0 bridgehead atoms. The molecule has 142 valence electrons. The number of anilines is 2. The van der Waals surface area contributed by atoms with E-state index < -0.39 is 10.2 Å². The molecule has 1 unspecified atom stereocenters. The number of aliphatic imine (C=N–C) groups is 1. The molecule has 3 aromatic carbocycles. The number of fused-ring (bicyclic) bond motifs is 1. The second-order valence-corrected chi connectivity index (χ2v) is 9.26. The van der Waals surface area contributed by atoms with Crippen molar-refractivity contribution in [3.8, 4) is 5.75 Å². The minimum Gasteiger partial charge on any atom is -0.494 e. The Hall–Kier alpha value is -3.12. The number of ether oxygens (including phenoxy) is 1. The monoisotopic (exact) mass is 390 g/mol. The van der Waals surface area contributed by atoms with Crippen LogP contribution in [0.5, 0.6) is 5.75 Å². The van der Waals surface area contributed by atoms with Gasteiger partial charge in [0.25, 0.3) is 0 Å². The molecule has 0 N–H and O–H groups in total. The number of nitrogens with zero attached hydrogens (tertiary/aromatic N) is 4. The molecule has 1 aliphatic heterocycles. The molecule has 6 heteroatoms. The zero-order chi connectivity index (χ0) is 19.6. The highest BCUT2D eigenvalue weighted by atomic mass is 32.3. The largest absolute Gasteiger partial charge is 0.494 e. The van der Waals surface area contributed by atoms with Crippen LogP contribution in [0.25, 0.3) is 0 Å². The molecule has 0 radical (unpaired) electrons. The summed E-state index contributed by atoms with van der Waals surface area (Å²) in [6.45, 7) is 0. The van der Waals surface area contributed by atoms with Gasteiger partial charge in [-0.15, -0.1) is 9.63 Å². The van der Waals surface area contributed by atoms with Crippen LogP contribution in [-0.2, 0) is 0 Å². The number of benzene rings is 3. The number of hydrogen-bond acceptors (Lipinski definition) is 5. The van der Waals surface area contributed by atoms with Gasteiger partial charge in [0.1, 0.15) is 11.4 Å². The zero-order valence-electron chi connectivity index (χ0n) is 16.1. The standard InChI is InChI=1S/C22H22N4OS/c1-26(18-10-5-4-6-11-18)19-12-7-9-17(15-19)24-25-28(3)16-23-22-20(27-2)13-8-14-21(22)28/h4-16H,1-3H3. The van der Waals surface area contributed by atoms with Crippen molar-refractivity contribution in [1.82, 2.24) is 0 Å². The third-order valence-corrected chi connectivity index (χ3v) is 6.86. The molecule has 3 aromatic rings. The molecule has 1 atom stereocenters. The molecule has 0 saturated heterocycles. The predicted molar refractivity (Wildman–Crippen MR) is 118 cm³/mol. The van der Waals surface area contributed by atoms with Crippen molar-refractivity contribution in [2.75, 3.05) is 25.3 Å². The average molecular weight is 391 g/mol. The molecule has 0 fully saturated rings. The minimum atomic E-state index is -1.61. The number of para-hydroxylation sites is 2. The van der Waals surface area contributed by atoms with E-state index in [1.54, 1.807) is 7.11 Å². The van der Waals surface area contributed by atoms with Crippen molar-refractivity contribution in [3.63, 3.8) is 0 Å². The Morgan fingerprint density at radius 3 is 2.46 bits per heavy atom. The summed E-state index contributed by atoms with van der Waals surface area (Å²) >= 11 is 0. The van der Waals surface area contributed by atoms with E-state index in [0.717, 1.165) is 33.4 Å². The van der Waals surface area contributed by atoms with Gasteiger partial charge in [0.05, 0.1) is 18.3 Å². The van der Waals surface area contributed by atoms with Crippen molar-refractivity contribution in [2.45, 2.75) is 4.90 Å². The highest BCUT2D eigenvalue weighted by Crippen LogP contribution is 2.62. The lowest BCUT2D eigenvalue weighted by molar-refractivity contribution is 0.415. The SMILES string of the molecule is COc1cccc2c1N=CS2(C)N=Nc1cccc(N(C)c2ccccc2)c1. The maximum Gasteiger partial charge on any atom is 0.145 e. The molecular weight excluding hydrogens is 368 g/mol. The first-order valence-corrected chi connectivity index (χ1v) is 11.0. The fourth-order valence-electron chi connectivity index (χ4n) is 3.10. The van der Waals surface area contributed by atoms with Gasteiger partial charge in [-0.25, -0.2) is 4.99 Å². The van der Waals surface area contributed by atoms with Gasteiger partial charge in [-0.1, -0.05) is 40.5 Å². The van der Waals surface area contributed by atoms with E-state index >= 15 is 0 Å². The third-order valence-electron chi connectivity index (χ3n) is 4.70. The number of hydrogen-bond donors (Lipinski definition) is 0. The lowest BCUT2D eigenvalue weighted by Gasteiger charge is -2.22. The summed E-state index contributed by atoms with van der Waals surface area (Å²) in [7, 11) is 2.10. The van der Waals surface area contributed by atoms with E-state index in [1.807, 2.05) is 61.1 Å². The van der Waals surface area contributed by atoms with Crippen LogP contribution in [0, 0.1) is 0 Å². The molecule has 0 saturated carbocycles. The van der Waals surface area contributed by atoms with Crippen LogP contribution in [0.15, 0.2) is 92.3 Å². The summed E-state index contributed by atoms with van der Waals surface area (Å²) in [5.74, 6) is 0.770. The first-order chi connectivity index (χ1) is 13.6. The quantitative estimate of drug-likeness (QED) is 0.459. The molecular formula is C22H22N4OS. The van der Waals surface area contributed by atoms with Crippen molar-refractivity contribution in [3.05, 3.63) is 72.8 Å². The first-order valence-electron chi connectivity index (χ1n) is 8.92. The van der Waals surface area contributed by atoms with Gasteiger partial charge in [-0.3, -0.25) is 0 Å². The van der Waals surface area contributed by atoms with Crippen molar-refractivity contribution in [1.29, 1.82) is 0 Å². The van der Waals surface area contributed by atoms with Gasteiger partial charge in [0.2, 0.25) is 0 Å². The van der Waals surface area contributed by atoms with Crippen LogP contribution < -0.4 is 9.64 Å². The minimum absolute atomic E-state index is 0.770. The van der Waals surface area contributed by atoms with Crippen molar-refractivity contribution in [2.24, 2.45) is 14.6 Å². The van der Waals surface area contributed by atoms with Gasteiger partial charge < -0.3 is 9.64 Å². The Morgan fingerprint density at radius 1 is 0.929 bits per heavy atom. The maximum absolute atomic E-state index is 5.42.